The Kier molecular flexibility index (Phi) is 5.08. The van der Waals surface area contributed by atoms with Crippen molar-refractivity contribution in [3.8, 4) is 0 Å². The molecule has 0 bridgehead atoms. The SMILES string of the molecule is Nc1nnnn1CC(=O)NCCCOC1CCCC1. The van der Waals surface area contributed by atoms with Gasteiger partial charge in [-0.2, -0.15) is 0 Å². The van der Waals surface area contributed by atoms with E-state index in [9.17, 15) is 4.79 Å². The first-order valence-electron chi connectivity index (χ1n) is 6.65. The summed E-state index contributed by atoms with van der Waals surface area (Å²) in [5.41, 5.74) is 5.46. The number of tetrazole rings is 1. The number of hydrogen-bond donors (Lipinski definition) is 2. The molecule has 0 radical (unpaired) electrons. The summed E-state index contributed by atoms with van der Waals surface area (Å²) in [6, 6.07) is 0. The van der Waals surface area contributed by atoms with Crippen LogP contribution >= 0.6 is 0 Å². The zero-order valence-corrected chi connectivity index (χ0v) is 10.9. The second-order valence-electron chi connectivity index (χ2n) is 4.68. The summed E-state index contributed by atoms with van der Waals surface area (Å²) in [6.45, 7) is 1.33. The highest BCUT2D eigenvalue weighted by Gasteiger charge is 2.14. The smallest absolute Gasteiger partial charge is 0.241 e. The lowest BCUT2D eigenvalue weighted by Crippen LogP contribution is -2.30. The molecule has 1 amide bonds. The van der Waals surface area contributed by atoms with Gasteiger partial charge in [0.05, 0.1) is 6.10 Å². The molecule has 8 nitrogen and oxygen atoms in total. The van der Waals surface area contributed by atoms with Crippen LogP contribution in [0.25, 0.3) is 0 Å². The van der Waals surface area contributed by atoms with Crippen molar-refractivity contribution < 1.29 is 9.53 Å². The van der Waals surface area contributed by atoms with E-state index in [1.165, 1.54) is 30.4 Å². The second kappa shape index (κ2) is 7.03. The minimum Gasteiger partial charge on any atom is -0.378 e. The standard InChI is InChI=1S/C11H20N6O2/c12-11-14-15-16-17(11)8-10(18)13-6-3-7-19-9-4-1-2-5-9/h9H,1-8H2,(H,13,18)(H2,12,14,16). The molecule has 0 aliphatic heterocycles. The van der Waals surface area contributed by atoms with Gasteiger partial charge in [0.1, 0.15) is 6.54 Å². The summed E-state index contributed by atoms with van der Waals surface area (Å²) in [7, 11) is 0. The van der Waals surface area contributed by atoms with Crippen LogP contribution in [0.4, 0.5) is 5.95 Å². The number of rotatable bonds is 7. The van der Waals surface area contributed by atoms with Crippen LogP contribution in [0.15, 0.2) is 0 Å². The Morgan fingerprint density at radius 2 is 2.26 bits per heavy atom. The molecule has 0 saturated heterocycles. The van der Waals surface area contributed by atoms with E-state index in [1.807, 2.05) is 0 Å². The largest absolute Gasteiger partial charge is 0.378 e. The van der Waals surface area contributed by atoms with Crippen molar-refractivity contribution in [3.05, 3.63) is 0 Å². The van der Waals surface area contributed by atoms with Gasteiger partial charge in [-0.15, -0.1) is 0 Å². The van der Waals surface area contributed by atoms with Crippen LogP contribution in [-0.2, 0) is 16.1 Å². The number of amides is 1. The molecule has 1 heterocycles. The van der Waals surface area contributed by atoms with E-state index in [0.29, 0.717) is 19.3 Å². The molecule has 106 valence electrons. The molecule has 2 rings (SSSR count). The number of nitrogen functional groups attached to an aromatic ring is 1. The molecule has 19 heavy (non-hydrogen) atoms. The van der Waals surface area contributed by atoms with Gasteiger partial charge in [-0.1, -0.05) is 17.9 Å². The van der Waals surface area contributed by atoms with Gasteiger partial charge in [0.25, 0.3) is 0 Å². The quantitative estimate of drug-likeness (QED) is 0.658. The number of nitrogens with two attached hydrogens (primary N) is 1. The predicted octanol–water partition coefficient (Wildman–Crippen LogP) is -0.279. The van der Waals surface area contributed by atoms with Crippen molar-refractivity contribution in [1.29, 1.82) is 0 Å². The van der Waals surface area contributed by atoms with Crippen LogP contribution in [0.2, 0.25) is 0 Å². The third-order valence-electron chi connectivity index (χ3n) is 3.15. The Labute approximate surface area is 111 Å². The van der Waals surface area contributed by atoms with Crippen LogP contribution in [0.1, 0.15) is 32.1 Å². The average molecular weight is 268 g/mol. The zero-order chi connectivity index (χ0) is 13.5. The third-order valence-corrected chi connectivity index (χ3v) is 3.15. The molecule has 1 aliphatic rings. The van der Waals surface area contributed by atoms with Crippen molar-refractivity contribution in [1.82, 2.24) is 25.5 Å². The highest BCUT2D eigenvalue weighted by atomic mass is 16.5. The topological polar surface area (TPSA) is 108 Å². The van der Waals surface area contributed by atoms with Crippen molar-refractivity contribution in [2.24, 2.45) is 0 Å². The van der Waals surface area contributed by atoms with Gasteiger partial charge in [0, 0.05) is 13.2 Å². The molecule has 1 aromatic rings. The van der Waals surface area contributed by atoms with E-state index >= 15 is 0 Å². The monoisotopic (exact) mass is 268 g/mol. The van der Waals surface area contributed by atoms with Crippen molar-refractivity contribution in [2.75, 3.05) is 18.9 Å². The fourth-order valence-corrected chi connectivity index (χ4v) is 2.12. The van der Waals surface area contributed by atoms with E-state index in [0.717, 1.165) is 6.42 Å². The Balaban J connectivity index is 1.53. The summed E-state index contributed by atoms with van der Waals surface area (Å²) in [5.74, 6) is -0.0143. The van der Waals surface area contributed by atoms with Gasteiger partial charge in [0.2, 0.25) is 11.9 Å². The van der Waals surface area contributed by atoms with Crippen molar-refractivity contribution in [2.45, 2.75) is 44.8 Å². The second-order valence-corrected chi connectivity index (χ2v) is 4.68. The maximum Gasteiger partial charge on any atom is 0.241 e. The van der Waals surface area contributed by atoms with Crippen LogP contribution < -0.4 is 11.1 Å². The minimum absolute atomic E-state index is 0.0440. The first kappa shape index (κ1) is 13.7. The summed E-state index contributed by atoms with van der Waals surface area (Å²) >= 11 is 0. The Morgan fingerprint density at radius 1 is 1.47 bits per heavy atom. The number of carbonyl (C=O) groups is 1. The molecule has 8 heteroatoms. The number of ether oxygens (including phenoxy) is 1. The van der Waals surface area contributed by atoms with Gasteiger partial charge in [-0.25, -0.2) is 4.68 Å². The lowest BCUT2D eigenvalue weighted by molar-refractivity contribution is -0.121. The molecule has 0 aromatic carbocycles. The van der Waals surface area contributed by atoms with Crippen LogP contribution in [0.3, 0.4) is 0 Å². The molecular formula is C11H20N6O2. The van der Waals surface area contributed by atoms with Crippen LogP contribution in [-0.4, -0.2) is 45.4 Å². The van der Waals surface area contributed by atoms with Crippen molar-refractivity contribution >= 4 is 11.9 Å². The fraction of sp³-hybridized carbons (Fsp3) is 0.818. The molecule has 1 aromatic heterocycles. The van der Waals surface area contributed by atoms with E-state index in [4.69, 9.17) is 10.5 Å². The molecule has 0 unspecified atom stereocenters. The number of nitrogens with one attached hydrogen (secondary N) is 1. The molecular weight excluding hydrogens is 248 g/mol. The molecule has 1 aliphatic carbocycles. The normalized spacial score (nSPS) is 15.8. The lowest BCUT2D eigenvalue weighted by atomic mass is 10.3. The highest BCUT2D eigenvalue weighted by molar-refractivity contribution is 5.75. The maximum absolute atomic E-state index is 11.6. The summed E-state index contributed by atoms with van der Waals surface area (Å²) in [6.07, 6.45) is 6.13. The Bertz CT molecular complexity index is 402. The molecule has 1 saturated carbocycles. The van der Waals surface area contributed by atoms with Gasteiger partial charge in [0.15, 0.2) is 0 Å². The van der Waals surface area contributed by atoms with Gasteiger partial charge >= 0.3 is 0 Å². The van der Waals surface area contributed by atoms with Gasteiger partial charge in [-0.05, 0) is 29.7 Å². The highest BCUT2D eigenvalue weighted by Crippen LogP contribution is 2.20. The van der Waals surface area contributed by atoms with Gasteiger partial charge < -0.3 is 15.8 Å². The number of anilines is 1. The van der Waals surface area contributed by atoms with E-state index < -0.39 is 0 Å². The molecule has 1 fully saturated rings. The van der Waals surface area contributed by atoms with Gasteiger partial charge in [-0.3, -0.25) is 4.79 Å². The first-order chi connectivity index (χ1) is 9.25. The molecule has 0 atom stereocenters. The number of nitrogens with zero attached hydrogens (tertiary/aromatic N) is 4. The average Bonchev–Trinajstić information content (AvgIpc) is 3.02. The number of hydrogen-bond acceptors (Lipinski definition) is 6. The lowest BCUT2D eigenvalue weighted by Gasteiger charge is -2.11. The maximum atomic E-state index is 11.6. The van der Waals surface area contributed by atoms with Crippen molar-refractivity contribution in [3.63, 3.8) is 0 Å². The third kappa shape index (κ3) is 4.47. The van der Waals surface area contributed by atoms with E-state index in [1.54, 1.807) is 0 Å². The molecule has 0 spiro atoms. The number of aromatic nitrogens is 4. The van der Waals surface area contributed by atoms with Crippen LogP contribution in [0, 0.1) is 0 Å². The minimum atomic E-state index is -0.153. The summed E-state index contributed by atoms with van der Waals surface area (Å²) in [5, 5.41) is 13.2. The zero-order valence-electron chi connectivity index (χ0n) is 10.9. The number of carbonyl (C=O) groups excluding carboxylic acids is 1. The molecule has 3 N–H and O–H groups in total. The van der Waals surface area contributed by atoms with Crippen LogP contribution in [0.5, 0.6) is 0 Å². The van der Waals surface area contributed by atoms with E-state index in [2.05, 4.69) is 20.8 Å². The Morgan fingerprint density at radius 3 is 2.95 bits per heavy atom. The van der Waals surface area contributed by atoms with E-state index in [-0.39, 0.29) is 18.4 Å². The predicted molar refractivity (Wildman–Crippen MR) is 68.1 cm³/mol. The fourth-order valence-electron chi connectivity index (χ4n) is 2.12. The first-order valence-corrected chi connectivity index (χ1v) is 6.65. The summed E-state index contributed by atoms with van der Waals surface area (Å²) in [4.78, 5) is 11.6. The Hall–Kier alpha value is -1.70. The summed E-state index contributed by atoms with van der Waals surface area (Å²) < 4.78 is 6.96.